The van der Waals surface area contributed by atoms with Gasteiger partial charge in [-0.2, -0.15) is 0 Å². The van der Waals surface area contributed by atoms with Gasteiger partial charge in [0.2, 0.25) is 0 Å². The maximum atomic E-state index is 12.3. The van der Waals surface area contributed by atoms with Crippen LogP contribution in [0.1, 0.15) is 47.5 Å². The number of hydroxylamine groups is 2. The molecule has 6 nitrogen and oxygen atoms in total. The fraction of sp³-hybridized carbons (Fsp3) is 0.750. The van der Waals surface area contributed by atoms with Crippen LogP contribution in [0.15, 0.2) is 0 Å². The van der Waals surface area contributed by atoms with Crippen LogP contribution < -0.4 is 0 Å². The first-order chi connectivity index (χ1) is 10.0. The molecular formula is C16H24NO5. The number of piperidine rings is 1. The molecule has 6 heteroatoms. The van der Waals surface area contributed by atoms with E-state index in [4.69, 9.17) is 15.9 Å². The van der Waals surface area contributed by atoms with E-state index < -0.39 is 35.0 Å². The third kappa shape index (κ3) is 4.21. The van der Waals surface area contributed by atoms with Gasteiger partial charge in [-0.3, -0.25) is 4.79 Å². The van der Waals surface area contributed by atoms with E-state index in [1.165, 1.54) is 6.92 Å². The lowest BCUT2D eigenvalue weighted by Crippen LogP contribution is -2.59. The fourth-order valence-electron chi connectivity index (χ4n) is 2.98. The quantitative estimate of drug-likeness (QED) is 0.583. The second kappa shape index (κ2) is 6.67. The molecule has 0 amide bonds. The highest BCUT2D eigenvalue weighted by Crippen LogP contribution is 2.40. The number of esters is 2. The summed E-state index contributed by atoms with van der Waals surface area (Å²) in [5, 5.41) is 13.3. The van der Waals surface area contributed by atoms with Gasteiger partial charge in [0.1, 0.15) is 0 Å². The van der Waals surface area contributed by atoms with Crippen molar-refractivity contribution in [3.63, 3.8) is 0 Å². The topological polar surface area (TPSA) is 75.7 Å². The van der Waals surface area contributed by atoms with Crippen LogP contribution in [0.3, 0.4) is 0 Å². The van der Waals surface area contributed by atoms with Crippen LogP contribution in [-0.4, -0.2) is 40.8 Å². The lowest BCUT2D eigenvalue weighted by molar-refractivity contribution is -0.293. The lowest BCUT2D eigenvalue weighted by Gasteiger charge is -2.49. The molecule has 0 unspecified atom stereocenters. The normalized spacial score (nSPS) is 22.4. The SMILES string of the molecule is C#CCOC(=O)[C@H](C)OC(=O)C1CC(C)(C)N([O])C(C)(C)C1. The number of hydrogen-bond acceptors (Lipinski definition) is 5. The van der Waals surface area contributed by atoms with Crippen molar-refractivity contribution < 1.29 is 24.3 Å². The molecule has 1 aliphatic rings. The summed E-state index contributed by atoms with van der Waals surface area (Å²) in [4.78, 5) is 23.9. The maximum absolute atomic E-state index is 12.3. The Kier molecular flexibility index (Phi) is 5.60. The zero-order valence-electron chi connectivity index (χ0n) is 13.8. The number of ether oxygens (including phenoxy) is 2. The van der Waals surface area contributed by atoms with Gasteiger partial charge >= 0.3 is 11.9 Å². The molecule has 1 fully saturated rings. The number of nitrogens with zero attached hydrogens (tertiary/aromatic N) is 1. The molecule has 0 aromatic carbocycles. The predicted molar refractivity (Wildman–Crippen MR) is 78.8 cm³/mol. The molecule has 0 saturated carbocycles. The van der Waals surface area contributed by atoms with E-state index in [1.54, 1.807) is 27.7 Å². The van der Waals surface area contributed by atoms with Gasteiger partial charge in [-0.05, 0) is 47.5 Å². The van der Waals surface area contributed by atoms with Crippen LogP contribution in [0.5, 0.6) is 0 Å². The van der Waals surface area contributed by atoms with Gasteiger partial charge in [-0.25, -0.2) is 4.79 Å². The highest BCUT2D eigenvalue weighted by Gasteiger charge is 2.48. The third-order valence-electron chi connectivity index (χ3n) is 3.85. The molecule has 0 bridgehead atoms. The Morgan fingerprint density at radius 2 is 1.77 bits per heavy atom. The van der Waals surface area contributed by atoms with Gasteiger partial charge in [-0.15, -0.1) is 16.7 Å². The van der Waals surface area contributed by atoms with Crippen molar-refractivity contribution in [2.75, 3.05) is 6.61 Å². The number of terminal acetylenes is 1. The first-order valence-electron chi connectivity index (χ1n) is 7.29. The summed E-state index contributed by atoms with van der Waals surface area (Å²) in [5.41, 5.74) is -1.34. The first kappa shape index (κ1) is 18.5. The van der Waals surface area contributed by atoms with E-state index in [1.807, 2.05) is 0 Å². The molecule has 0 aromatic rings. The number of rotatable bonds is 4. The minimum Gasteiger partial charge on any atom is -0.450 e. The average Bonchev–Trinajstić information content (AvgIpc) is 2.41. The van der Waals surface area contributed by atoms with Crippen molar-refractivity contribution >= 4 is 11.9 Å². The van der Waals surface area contributed by atoms with Crippen LogP contribution in [0.2, 0.25) is 0 Å². The molecule has 0 aliphatic carbocycles. The molecule has 1 saturated heterocycles. The van der Waals surface area contributed by atoms with E-state index >= 15 is 0 Å². The molecule has 22 heavy (non-hydrogen) atoms. The van der Waals surface area contributed by atoms with Crippen molar-refractivity contribution in [2.24, 2.45) is 5.92 Å². The number of carbonyl (C=O) groups is 2. The van der Waals surface area contributed by atoms with Gasteiger partial charge in [0.05, 0.1) is 5.92 Å². The summed E-state index contributed by atoms with van der Waals surface area (Å²) in [6.07, 6.45) is 4.74. The second-order valence-electron chi connectivity index (χ2n) is 6.92. The van der Waals surface area contributed by atoms with Gasteiger partial charge in [0.25, 0.3) is 0 Å². The molecule has 0 spiro atoms. The van der Waals surface area contributed by atoms with E-state index in [-0.39, 0.29) is 6.61 Å². The maximum Gasteiger partial charge on any atom is 0.348 e. The summed E-state index contributed by atoms with van der Waals surface area (Å²) >= 11 is 0. The van der Waals surface area contributed by atoms with Crippen molar-refractivity contribution in [1.29, 1.82) is 0 Å². The first-order valence-corrected chi connectivity index (χ1v) is 7.29. The van der Waals surface area contributed by atoms with E-state index in [9.17, 15) is 14.8 Å². The summed E-state index contributed by atoms with van der Waals surface area (Å²) < 4.78 is 9.90. The van der Waals surface area contributed by atoms with Crippen molar-refractivity contribution in [3.05, 3.63) is 0 Å². The monoisotopic (exact) mass is 310 g/mol. The summed E-state index contributed by atoms with van der Waals surface area (Å²) in [7, 11) is 0. The smallest absolute Gasteiger partial charge is 0.348 e. The Balaban J connectivity index is 2.70. The molecule has 0 aromatic heterocycles. The Labute approximate surface area is 131 Å². The Morgan fingerprint density at radius 3 is 2.23 bits per heavy atom. The zero-order chi connectivity index (χ0) is 17.1. The van der Waals surface area contributed by atoms with Crippen molar-refractivity contribution in [1.82, 2.24) is 5.06 Å². The molecule has 1 heterocycles. The lowest BCUT2D eigenvalue weighted by atomic mass is 9.75. The third-order valence-corrected chi connectivity index (χ3v) is 3.85. The molecule has 1 aliphatic heterocycles. The molecule has 1 rings (SSSR count). The van der Waals surface area contributed by atoms with Crippen LogP contribution in [0, 0.1) is 18.3 Å². The van der Waals surface area contributed by atoms with Crippen LogP contribution in [-0.2, 0) is 24.3 Å². The van der Waals surface area contributed by atoms with E-state index in [2.05, 4.69) is 5.92 Å². The molecular weight excluding hydrogens is 286 g/mol. The van der Waals surface area contributed by atoms with E-state index in [0.29, 0.717) is 12.8 Å². The highest BCUT2D eigenvalue weighted by atomic mass is 16.6. The standard InChI is InChI=1S/C16H24NO5/c1-7-8-21-13(18)11(2)22-14(19)12-9-15(3,4)17(20)16(5,6)10-12/h1,11-12H,8-10H2,2-6H3/t11-/m0/s1. The summed E-state index contributed by atoms with van der Waals surface area (Å²) in [6, 6.07) is 0. The van der Waals surface area contributed by atoms with Crippen molar-refractivity contribution in [3.8, 4) is 12.3 Å². The molecule has 1 atom stereocenters. The van der Waals surface area contributed by atoms with Gasteiger partial charge in [-0.1, -0.05) is 5.92 Å². The van der Waals surface area contributed by atoms with Crippen LogP contribution >= 0.6 is 0 Å². The van der Waals surface area contributed by atoms with Gasteiger partial charge in [0.15, 0.2) is 12.7 Å². The molecule has 123 valence electrons. The highest BCUT2D eigenvalue weighted by molar-refractivity contribution is 5.80. The summed E-state index contributed by atoms with van der Waals surface area (Å²) in [5.74, 6) is 0.579. The predicted octanol–water partition coefficient (Wildman–Crippen LogP) is 1.71. The Bertz CT molecular complexity index is 459. The summed E-state index contributed by atoms with van der Waals surface area (Å²) in [6.45, 7) is 8.47. The number of carbonyl (C=O) groups excluding carboxylic acids is 2. The fourth-order valence-corrected chi connectivity index (χ4v) is 2.98. The van der Waals surface area contributed by atoms with Crippen LogP contribution in [0.4, 0.5) is 0 Å². The largest absolute Gasteiger partial charge is 0.450 e. The Hall–Kier alpha value is -1.58. The molecule has 1 radical (unpaired) electrons. The van der Waals surface area contributed by atoms with Crippen LogP contribution in [0.25, 0.3) is 0 Å². The van der Waals surface area contributed by atoms with Crippen molar-refractivity contribution in [2.45, 2.75) is 64.6 Å². The second-order valence-corrected chi connectivity index (χ2v) is 6.92. The zero-order valence-corrected chi connectivity index (χ0v) is 13.8. The van der Waals surface area contributed by atoms with Gasteiger partial charge in [0, 0.05) is 11.1 Å². The average molecular weight is 310 g/mol. The van der Waals surface area contributed by atoms with Gasteiger partial charge < -0.3 is 9.47 Å². The Morgan fingerprint density at radius 1 is 1.27 bits per heavy atom. The minimum absolute atomic E-state index is 0.157. The van der Waals surface area contributed by atoms with E-state index in [0.717, 1.165) is 5.06 Å². The number of hydrogen-bond donors (Lipinski definition) is 0. The molecule has 0 N–H and O–H groups in total. The minimum atomic E-state index is -1.02.